The van der Waals surface area contributed by atoms with Crippen molar-refractivity contribution in [1.29, 1.82) is 0 Å². The minimum atomic E-state index is -4.10. The number of aromatic nitrogens is 2. The Balaban J connectivity index is 1.70. The number of fused-ring (bicyclic) bond motifs is 2. The third kappa shape index (κ3) is 9.04. The average Bonchev–Trinajstić information content (AvgIpc) is 3.81. The van der Waals surface area contributed by atoms with Gasteiger partial charge < -0.3 is 0 Å². The van der Waals surface area contributed by atoms with Crippen LogP contribution >= 0.6 is 22.6 Å². The molecule has 3 heterocycles. The Morgan fingerprint density at radius 3 is 1.17 bits per heavy atom. The Kier molecular flexibility index (Phi) is 12.9. The maximum absolute atomic E-state index is 15.5. The fourth-order valence-electron chi connectivity index (χ4n) is 8.92. The van der Waals surface area contributed by atoms with E-state index in [1.807, 2.05) is 0 Å². The predicted molar refractivity (Wildman–Crippen MR) is 259 cm³/mol. The molecule has 1 aliphatic rings. The van der Waals surface area contributed by atoms with E-state index in [4.69, 9.17) is 0 Å². The van der Waals surface area contributed by atoms with Crippen LogP contribution in [0.5, 0.6) is 0 Å². The second-order valence-electron chi connectivity index (χ2n) is 21.4. The van der Waals surface area contributed by atoms with Gasteiger partial charge in [0.15, 0.2) is 0 Å². The van der Waals surface area contributed by atoms with Gasteiger partial charge in [0.1, 0.15) is 0 Å². The first-order valence-electron chi connectivity index (χ1n) is 22.0. The van der Waals surface area contributed by atoms with E-state index in [1.54, 1.807) is 0 Å². The maximum atomic E-state index is 15.5. The van der Waals surface area contributed by atoms with Crippen LogP contribution in [0.15, 0.2) is 84.9 Å². The van der Waals surface area contributed by atoms with Gasteiger partial charge in [0.05, 0.1) is 0 Å². The van der Waals surface area contributed by atoms with Crippen LogP contribution < -0.4 is 0 Å². The van der Waals surface area contributed by atoms with Gasteiger partial charge in [-0.15, -0.1) is 0 Å². The standard InChI is InChI=1S/C45H53IN2O2.2C4H9.Sn/c1-42(2,3)30-21-28(22-31(25-30)43(4,5)6)40(49)37-19-17-35(47-37)39(27-13-15-34(46)16-14-27)36-18-20-38(48-36)41(50)29-23-32(44(7,8)9)26-33(24-29)45(10,11)12;2*1-3-4-2;/h13-26,39H,1-12H3,(H2,47,48,49,50);2*1,3-4H2,2H3;/q;;;+2/p-2. The van der Waals surface area contributed by atoms with Crippen LogP contribution in [0.25, 0.3) is 0 Å². The zero-order chi connectivity index (χ0) is 43.5. The van der Waals surface area contributed by atoms with E-state index < -0.39 is 18.9 Å². The Morgan fingerprint density at radius 1 is 0.525 bits per heavy atom. The Hall–Kier alpha value is -2.91. The number of nitrogens with zero attached hydrogens (tertiary/aromatic N) is 2. The van der Waals surface area contributed by atoms with E-state index in [0.29, 0.717) is 0 Å². The van der Waals surface area contributed by atoms with Gasteiger partial charge in [0, 0.05) is 0 Å². The summed E-state index contributed by atoms with van der Waals surface area (Å²) < 4.78 is 8.46. The molecule has 0 bridgehead atoms. The van der Waals surface area contributed by atoms with E-state index in [2.05, 4.69) is 210 Å². The fraction of sp³-hybridized carbons (Fsp3) is 0.472. The number of benzene rings is 3. The molecular weight excluding hydrogens is 942 g/mol. The van der Waals surface area contributed by atoms with E-state index >= 15 is 9.59 Å². The molecule has 0 atom stereocenters. The van der Waals surface area contributed by atoms with Crippen molar-refractivity contribution in [3.05, 3.63) is 150 Å². The van der Waals surface area contributed by atoms with Crippen LogP contribution in [0.1, 0.15) is 200 Å². The molecule has 0 unspecified atom stereocenters. The molecule has 0 fully saturated rings. The van der Waals surface area contributed by atoms with Crippen LogP contribution in [0.4, 0.5) is 0 Å². The molecule has 314 valence electrons. The normalized spacial score (nSPS) is 14.6. The van der Waals surface area contributed by atoms with E-state index in [0.717, 1.165) is 57.1 Å². The number of carbonyl (C=O) groups excluding carboxylic acids is 2. The van der Waals surface area contributed by atoms with Gasteiger partial charge in [-0.2, -0.15) is 0 Å². The topological polar surface area (TPSA) is 44.0 Å². The molecule has 4 nitrogen and oxygen atoms in total. The third-order valence-corrected chi connectivity index (χ3v) is 27.5. The van der Waals surface area contributed by atoms with Crippen LogP contribution in [0.2, 0.25) is 8.87 Å². The van der Waals surface area contributed by atoms with Crippen LogP contribution in [-0.4, -0.2) is 36.1 Å². The fourth-order valence-corrected chi connectivity index (χ4v) is 25.8. The van der Waals surface area contributed by atoms with E-state index in [-0.39, 0.29) is 39.1 Å². The van der Waals surface area contributed by atoms with Crippen molar-refractivity contribution in [3.8, 4) is 0 Å². The number of hydrogen-bond acceptors (Lipinski definition) is 2. The number of ketones is 2. The number of unbranched alkanes of at least 4 members (excludes halogenated alkanes) is 2. The van der Waals surface area contributed by atoms with E-state index in [1.165, 1.54) is 42.8 Å². The van der Waals surface area contributed by atoms with Crippen molar-refractivity contribution in [2.75, 3.05) is 0 Å². The second kappa shape index (κ2) is 16.8. The molecule has 0 saturated carbocycles. The number of hydrogen-bond donors (Lipinski definition) is 0. The Bertz CT molecular complexity index is 2140. The Morgan fingerprint density at radius 2 is 0.864 bits per heavy atom. The van der Waals surface area contributed by atoms with Crippen molar-refractivity contribution in [1.82, 2.24) is 5.58 Å². The molecule has 5 aromatic rings. The van der Waals surface area contributed by atoms with Crippen molar-refractivity contribution >= 4 is 53.1 Å². The molecule has 6 rings (SSSR count). The summed E-state index contributed by atoms with van der Waals surface area (Å²) in [6.45, 7) is 31.4. The van der Waals surface area contributed by atoms with Crippen molar-refractivity contribution in [3.63, 3.8) is 0 Å². The van der Waals surface area contributed by atoms with Crippen molar-refractivity contribution in [2.24, 2.45) is 0 Å². The van der Waals surface area contributed by atoms with Crippen LogP contribution in [-0.2, 0) is 21.7 Å². The molecule has 1 aliphatic heterocycles. The van der Waals surface area contributed by atoms with Gasteiger partial charge in [-0.25, -0.2) is 0 Å². The summed E-state index contributed by atoms with van der Waals surface area (Å²) in [5, 5.41) is 0. The summed E-state index contributed by atoms with van der Waals surface area (Å²) in [6, 6.07) is 30.9. The zero-order valence-electron chi connectivity index (χ0n) is 38.5. The summed E-state index contributed by atoms with van der Waals surface area (Å²) in [7, 11) is 0. The van der Waals surface area contributed by atoms with Gasteiger partial charge in [0.25, 0.3) is 0 Å². The summed E-state index contributed by atoms with van der Waals surface area (Å²) in [5.41, 5.74) is 10.9. The van der Waals surface area contributed by atoms with Gasteiger partial charge in [-0.1, -0.05) is 0 Å². The molecule has 2 aromatic heterocycles. The monoisotopic (exact) mass is 1010 g/mol. The van der Waals surface area contributed by atoms with E-state index in [9.17, 15) is 0 Å². The predicted octanol–water partition coefficient (Wildman–Crippen LogP) is 14.5. The summed E-state index contributed by atoms with van der Waals surface area (Å²) in [4.78, 5) is 31.1. The average molecular weight is 1010 g/mol. The molecule has 0 amide bonds. The summed E-state index contributed by atoms with van der Waals surface area (Å²) in [5.74, 6) is 0.0409. The molecule has 0 aliphatic carbocycles. The first kappa shape index (κ1) is 45.6. The van der Waals surface area contributed by atoms with Crippen molar-refractivity contribution in [2.45, 2.75) is 159 Å². The Labute approximate surface area is 374 Å². The number of halogens is 1. The molecule has 0 spiro atoms. The molecule has 59 heavy (non-hydrogen) atoms. The summed E-state index contributed by atoms with van der Waals surface area (Å²) >= 11 is -1.71. The quantitative estimate of drug-likeness (QED) is 0.0752. The van der Waals surface area contributed by atoms with Crippen LogP contribution in [0.3, 0.4) is 0 Å². The zero-order valence-corrected chi connectivity index (χ0v) is 43.5. The molecule has 3 aromatic carbocycles. The second-order valence-corrected chi connectivity index (χ2v) is 33.6. The molecular formula is C53H69IN2O2Sn. The molecule has 6 heteroatoms. The van der Waals surface area contributed by atoms with Crippen LogP contribution in [0, 0.1) is 3.57 Å². The van der Waals surface area contributed by atoms with Gasteiger partial charge in [0.2, 0.25) is 0 Å². The molecule has 0 N–H and O–H groups in total. The number of rotatable bonds is 11. The van der Waals surface area contributed by atoms with Gasteiger partial charge in [-0.05, 0) is 0 Å². The first-order valence-corrected chi connectivity index (χ1v) is 29.7. The minimum absolute atomic E-state index is 0.0828. The SMILES string of the molecule is CCC[CH2][Sn]1([CH2]CCC)[n]2c(C(=O)c3cc(C(C)(C)C)cc(C(C)(C)C)c3)ccc2C(c2ccc(I)cc2)c2ccc(C(=O)c3cc(C(C)(C)C)cc(C(C)(C)C)c3)[n]21. The first-order chi connectivity index (χ1) is 27.4. The third-order valence-electron chi connectivity index (χ3n) is 12.6. The van der Waals surface area contributed by atoms with Gasteiger partial charge >= 0.3 is 378 Å². The summed E-state index contributed by atoms with van der Waals surface area (Å²) in [6.07, 6.45) is 4.20. The van der Waals surface area contributed by atoms with Gasteiger partial charge in [-0.3, -0.25) is 0 Å². The molecule has 0 radical (unpaired) electrons. The van der Waals surface area contributed by atoms with Crippen molar-refractivity contribution < 1.29 is 9.59 Å². The molecule has 0 saturated heterocycles. The number of carbonyl (C=O) groups is 2.